The highest BCUT2D eigenvalue weighted by Crippen LogP contribution is 2.22. The van der Waals surface area contributed by atoms with Gasteiger partial charge in [-0.2, -0.15) is 0 Å². The van der Waals surface area contributed by atoms with Crippen molar-refractivity contribution in [3.8, 4) is 0 Å². The molecule has 4 nitrogen and oxygen atoms in total. The zero-order valence-electron chi connectivity index (χ0n) is 11.9. The first kappa shape index (κ1) is 12.9. The van der Waals surface area contributed by atoms with Crippen LogP contribution in [0.15, 0.2) is 36.7 Å². The van der Waals surface area contributed by atoms with E-state index < -0.39 is 0 Å². The molecule has 20 heavy (non-hydrogen) atoms. The number of carbonyl (C=O) groups excluding carboxylic acids is 1. The second-order valence-electron chi connectivity index (χ2n) is 5.48. The first-order valence-corrected chi connectivity index (χ1v) is 7.05. The van der Waals surface area contributed by atoms with Gasteiger partial charge in [-0.3, -0.25) is 4.79 Å². The van der Waals surface area contributed by atoms with Crippen molar-refractivity contribution in [2.45, 2.75) is 32.9 Å². The number of rotatable bonds is 2. The average molecular weight is 269 g/mol. The Bertz CT molecular complexity index is 616. The van der Waals surface area contributed by atoms with Gasteiger partial charge in [0, 0.05) is 24.6 Å². The van der Waals surface area contributed by atoms with Crippen molar-refractivity contribution in [2.24, 2.45) is 0 Å². The van der Waals surface area contributed by atoms with E-state index in [1.54, 1.807) is 0 Å². The summed E-state index contributed by atoms with van der Waals surface area (Å²) >= 11 is 0. The lowest BCUT2D eigenvalue weighted by atomic mass is 10.1. The lowest BCUT2D eigenvalue weighted by Gasteiger charge is -2.28. The van der Waals surface area contributed by atoms with Crippen LogP contribution in [0.1, 0.15) is 41.6 Å². The van der Waals surface area contributed by atoms with Crippen LogP contribution in [0.4, 0.5) is 0 Å². The summed E-state index contributed by atoms with van der Waals surface area (Å²) in [6.07, 6.45) is 2.74. The van der Waals surface area contributed by atoms with Crippen LogP contribution in [0.2, 0.25) is 0 Å². The van der Waals surface area contributed by atoms with E-state index in [-0.39, 0.29) is 5.91 Å². The van der Waals surface area contributed by atoms with Crippen LogP contribution >= 0.6 is 0 Å². The normalized spacial score (nSPS) is 14.4. The van der Waals surface area contributed by atoms with E-state index in [2.05, 4.69) is 23.4 Å². The van der Waals surface area contributed by atoms with Crippen LogP contribution in [0, 0.1) is 0 Å². The number of fused-ring (bicyclic) bond motifs is 1. The number of hydrogen-bond acceptors (Lipinski definition) is 2. The fourth-order valence-corrected chi connectivity index (χ4v) is 2.69. The number of nitrogens with zero attached hydrogens (tertiary/aromatic N) is 3. The number of benzene rings is 1. The first-order chi connectivity index (χ1) is 9.66. The molecule has 3 rings (SSSR count). The molecule has 1 aliphatic rings. The Balaban J connectivity index is 1.85. The van der Waals surface area contributed by atoms with E-state index >= 15 is 0 Å². The SMILES string of the molecule is CC(C)n1cnc2c1CN(C(=O)c1ccccc1)CC2. The Morgan fingerprint density at radius 3 is 2.70 bits per heavy atom. The molecule has 0 N–H and O–H groups in total. The minimum atomic E-state index is 0.104. The molecule has 0 atom stereocenters. The number of imidazole rings is 1. The van der Waals surface area contributed by atoms with Crippen molar-refractivity contribution in [1.82, 2.24) is 14.5 Å². The predicted octanol–water partition coefficient (Wildman–Crippen LogP) is 2.66. The minimum absolute atomic E-state index is 0.104. The van der Waals surface area contributed by atoms with Gasteiger partial charge in [0.25, 0.3) is 5.91 Å². The van der Waals surface area contributed by atoms with E-state index in [9.17, 15) is 4.79 Å². The molecule has 0 spiro atoms. The van der Waals surface area contributed by atoms with Crippen LogP contribution in [0.25, 0.3) is 0 Å². The highest BCUT2D eigenvalue weighted by atomic mass is 16.2. The Morgan fingerprint density at radius 2 is 2.00 bits per heavy atom. The molecule has 0 bridgehead atoms. The van der Waals surface area contributed by atoms with Crippen LogP contribution in [-0.4, -0.2) is 26.9 Å². The second-order valence-corrected chi connectivity index (χ2v) is 5.48. The molecule has 0 saturated carbocycles. The number of hydrogen-bond donors (Lipinski definition) is 0. The van der Waals surface area contributed by atoms with Gasteiger partial charge < -0.3 is 9.47 Å². The maximum Gasteiger partial charge on any atom is 0.254 e. The van der Waals surface area contributed by atoms with E-state index in [1.807, 2.05) is 41.6 Å². The van der Waals surface area contributed by atoms with E-state index in [0.29, 0.717) is 12.6 Å². The average Bonchev–Trinajstić information content (AvgIpc) is 2.90. The summed E-state index contributed by atoms with van der Waals surface area (Å²) < 4.78 is 2.17. The smallest absolute Gasteiger partial charge is 0.254 e. The van der Waals surface area contributed by atoms with E-state index in [1.165, 1.54) is 5.69 Å². The summed E-state index contributed by atoms with van der Waals surface area (Å²) in [6, 6.07) is 9.86. The standard InChI is InChI=1S/C16H19N3O/c1-12(2)19-11-17-14-8-9-18(10-15(14)19)16(20)13-6-4-3-5-7-13/h3-7,11-12H,8-10H2,1-2H3. The van der Waals surface area contributed by atoms with Gasteiger partial charge >= 0.3 is 0 Å². The van der Waals surface area contributed by atoms with Gasteiger partial charge in [-0.25, -0.2) is 4.98 Å². The Hall–Kier alpha value is -2.10. The number of carbonyl (C=O) groups is 1. The molecule has 0 unspecified atom stereocenters. The van der Waals surface area contributed by atoms with Gasteiger partial charge in [-0.05, 0) is 26.0 Å². The van der Waals surface area contributed by atoms with Crippen LogP contribution in [0.3, 0.4) is 0 Å². The lowest BCUT2D eigenvalue weighted by Crippen LogP contribution is -2.36. The quantitative estimate of drug-likeness (QED) is 0.840. The predicted molar refractivity (Wildman–Crippen MR) is 77.5 cm³/mol. The van der Waals surface area contributed by atoms with Gasteiger partial charge in [0.15, 0.2) is 0 Å². The largest absolute Gasteiger partial charge is 0.332 e. The molecule has 1 aliphatic heterocycles. The number of amides is 1. The monoisotopic (exact) mass is 269 g/mol. The van der Waals surface area contributed by atoms with Crippen LogP contribution in [0.5, 0.6) is 0 Å². The fraction of sp³-hybridized carbons (Fsp3) is 0.375. The molecule has 0 aliphatic carbocycles. The minimum Gasteiger partial charge on any atom is -0.332 e. The van der Waals surface area contributed by atoms with Gasteiger partial charge in [0.1, 0.15) is 0 Å². The molecule has 1 aromatic carbocycles. The van der Waals surface area contributed by atoms with Crippen LogP contribution < -0.4 is 0 Å². The van der Waals surface area contributed by atoms with Crippen molar-refractivity contribution < 1.29 is 4.79 Å². The summed E-state index contributed by atoms with van der Waals surface area (Å²) in [5.41, 5.74) is 3.07. The third kappa shape index (κ3) is 2.22. The second kappa shape index (κ2) is 5.12. The molecule has 2 aromatic rings. The molecule has 104 valence electrons. The molecule has 1 amide bonds. The maximum atomic E-state index is 12.5. The first-order valence-electron chi connectivity index (χ1n) is 7.05. The molecule has 0 saturated heterocycles. The Labute approximate surface area is 119 Å². The van der Waals surface area contributed by atoms with Gasteiger partial charge in [-0.15, -0.1) is 0 Å². The zero-order chi connectivity index (χ0) is 14.1. The molecule has 1 aromatic heterocycles. The highest BCUT2D eigenvalue weighted by molar-refractivity contribution is 5.94. The van der Waals surface area contributed by atoms with Crippen molar-refractivity contribution in [2.75, 3.05) is 6.54 Å². The maximum absolute atomic E-state index is 12.5. The molecule has 4 heteroatoms. The third-order valence-electron chi connectivity index (χ3n) is 3.81. The third-order valence-corrected chi connectivity index (χ3v) is 3.81. The molecular formula is C16H19N3O. The topological polar surface area (TPSA) is 38.1 Å². The number of aromatic nitrogens is 2. The van der Waals surface area contributed by atoms with Crippen molar-refractivity contribution in [3.63, 3.8) is 0 Å². The molecule has 0 fully saturated rings. The molecule has 0 radical (unpaired) electrons. The fourth-order valence-electron chi connectivity index (χ4n) is 2.69. The van der Waals surface area contributed by atoms with E-state index in [4.69, 9.17) is 0 Å². The van der Waals surface area contributed by atoms with Gasteiger partial charge in [0.05, 0.1) is 24.3 Å². The molecular weight excluding hydrogens is 250 g/mol. The van der Waals surface area contributed by atoms with Gasteiger partial charge in [-0.1, -0.05) is 18.2 Å². The highest BCUT2D eigenvalue weighted by Gasteiger charge is 2.25. The summed E-state index contributed by atoms with van der Waals surface area (Å²) in [6.45, 7) is 5.68. The molecule has 2 heterocycles. The van der Waals surface area contributed by atoms with Crippen molar-refractivity contribution in [1.29, 1.82) is 0 Å². The van der Waals surface area contributed by atoms with Crippen molar-refractivity contribution >= 4 is 5.91 Å². The summed E-state index contributed by atoms with van der Waals surface area (Å²) in [5, 5.41) is 0. The summed E-state index contributed by atoms with van der Waals surface area (Å²) in [5.74, 6) is 0.104. The Morgan fingerprint density at radius 1 is 1.25 bits per heavy atom. The van der Waals surface area contributed by atoms with Crippen LogP contribution in [-0.2, 0) is 13.0 Å². The zero-order valence-corrected chi connectivity index (χ0v) is 11.9. The Kier molecular flexibility index (Phi) is 3.30. The van der Waals surface area contributed by atoms with Gasteiger partial charge in [0.2, 0.25) is 0 Å². The summed E-state index contributed by atoms with van der Waals surface area (Å²) in [4.78, 5) is 18.9. The van der Waals surface area contributed by atoms with E-state index in [0.717, 1.165) is 24.2 Å². The lowest BCUT2D eigenvalue weighted by molar-refractivity contribution is 0.0728. The van der Waals surface area contributed by atoms with Crippen molar-refractivity contribution in [3.05, 3.63) is 53.6 Å². The summed E-state index contributed by atoms with van der Waals surface area (Å²) in [7, 11) is 0.